The summed E-state index contributed by atoms with van der Waals surface area (Å²) < 4.78 is 14.9. The van der Waals surface area contributed by atoms with Crippen LogP contribution in [0.2, 0.25) is 10.0 Å². The molecule has 1 aliphatic heterocycles. The zero-order valence-corrected chi connectivity index (χ0v) is 14.5. The molecule has 0 saturated heterocycles. The quantitative estimate of drug-likeness (QED) is 0.691. The summed E-state index contributed by atoms with van der Waals surface area (Å²) in [6.45, 7) is 0. The van der Waals surface area contributed by atoms with Gasteiger partial charge in [-0.15, -0.1) is 5.10 Å². The molecule has 25 heavy (non-hydrogen) atoms. The molecule has 2 heterocycles. The number of aromatic nitrogens is 3. The summed E-state index contributed by atoms with van der Waals surface area (Å²) in [5, 5.41) is 8.68. The highest BCUT2D eigenvalue weighted by Crippen LogP contribution is 2.42. The molecule has 0 radical (unpaired) electrons. The van der Waals surface area contributed by atoms with Crippen LogP contribution in [0.15, 0.2) is 42.5 Å². The van der Waals surface area contributed by atoms with Gasteiger partial charge in [0.25, 0.3) is 0 Å². The zero-order valence-electron chi connectivity index (χ0n) is 13.0. The van der Waals surface area contributed by atoms with Crippen LogP contribution in [-0.4, -0.2) is 14.8 Å². The number of anilines is 2. The number of halogens is 3. The molecule has 0 fully saturated rings. The molecule has 0 spiro atoms. The van der Waals surface area contributed by atoms with E-state index in [1.165, 1.54) is 12.1 Å². The molecule has 0 aliphatic carbocycles. The average molecular weight is 378 g/mol. The number of fused-ring (bicyclic) bond motifs is 1. The third-order valence-electron chi connectivity index (χ3n) is 4.31. The number of nitrogens with one attached hydrogen (secondary N) is 1. The Morgan fingerprint density at radius 1 is 1.12 bits per heavy atom. The van der Waals surface area contributed by atoms with Gasteiger partial charge in [0.1, 0.15) is 5.82 Å². The molecule has 0 bridgehead atoms. The van der Waals surface area contributed by atoms with E-state index in [4.69, 9.17) is 28.9 Å². The van der Waals surface area contributed by atoms with Crippen LogP contribution in [-0.2, 0) is 0 Å². The van der Waals surface area contributed by atoms with Crippen LogP contribution in [0.1, 0.15) is 29.6 Å². The summed E-state index contributed by atoms with van der Waals surface area (Å²) in [6, 6.07) is 11.4. The van der Waals surface area contributed by atoms with Gasteiger partial charge in [-0.3, -0.25) is 0 Å². The van der Waals surface area contributed by atoms with Crippen LogP contribution >= 0.6 is 23.2 Å². The van der Waals surface area contributed by atoms with Crippen molar-refractivity contribution in [2.24, 2.45) is 0 Å². The van der Waals surface area contributed by atoms with Crippen LogP contribution in [0.5, 0.6) is 0 Å². The second kappa shape index (κ2) is 6.20. The van der Waals surface area contributed by atoms with E-state index >= 15 is 0 Å². The van der Waals surface area contributed by atoms with Gasteiger partial charge in [-0.05, 0) is 36.2 Å². The fraction of sp³-hybridized carbons (Fsp3) is 0.176. The molecule has 128 valence electrons. The molecular weight excluding hydrogens is 364 g/mol. The fourth-order valence-corrected chi connectivity index (χ4v) is 3.83. The van der Waals surface area contributed by atoms with Gasteiger partial charge in [-0.1, -0.05) is 41.4 Å². The van der Waals surface area contributed by atoms with Crippen molar-refractivity contribution in [1.82, 2.24) is 14.8 Å². The van der Waals surface area contributed by atoms with E-state index in [1.54, 1.807) is 35.0 Å². The predicted molar refractivity (Wildman–Crippen MR) is 96.4 cm³/mol. The number of nitrogens with two attached hydrogens (primary N) is 1. The molecule has 2 atom stereocenters. The average Bonchev–Trinajstić information content (AvgIpc) is 2.95. The third kappa shape index (κ3) is 2.92. The van der Waals surface area contributed by atoms with Crippen molar-refractivity contribution in [3.05, 3.63) is 69.5 Å². The van der Waals surface area contributed by atoms with Crippen LogP contribution in [0.25, 0.3) is 0 Å². The Balaban J connectivity index is 1.81. The number of hydrogen-bond acceptors (Lipinski definition) is 4. The van der Waals surface area contributed by atoms with Gasteiger partial charge in [0, 0.05) is 15.6 Å². The Morgan fingerprint density at radius 3 is 2.48 bits per heavy atom. The summed E-state index contributed by atoms with van der Waals surface area (Å²) in [4.78, 5) is 4.24. The topological polar surface area (TPSA) is 68.8 Å². The molecule has 8 heteroatoms. The normalized spacial score (nSPS) is 19.3. The summed E-state index contributed by atoms with van der Waals surface area (Å²) in [6.07, 6.45) is 0.616. The molecule has 0 unspecified atom stereocenters. The largest absolute Gasteiger partial charge is 0.366 e. The molecule has 1 aliphatic rings. The highest BCUT2D eigenvalue weighted by molar-refractivity contribution is 6.36. The Labute approximate surface area is 153 Å². The standard InChI is InChI=1S/C17H14Cl2FN5/c18-11-2-1-3-12(19)15(11)14-8-13(9-4-6-10(20)7-5-9)22-17-23-16(21)24-25(14)17/h1-7,13-14H,8H2,(H3,21,22,23,24)/t13-,14+/m0/s1. The number of nitrogen functional groups attached to an aromatic ring is 1. The maximum Gasteiger partial charge on any atom is 0.241 e. The van der Waals surface area contributed by atoms with Crippen molar-refractivity contribution >= 4 is 35.1 Å². The van der Waals surface area contributed by atoms with Crippen LogP contribution in [0.4, 0.5) is 16.3 Å². The summed E-state index contributed by atoms with van der Waals surface area (Å²) in [5.41, 5.74) is 7.48. The first kappa shape index (κ1) is 16.2. The molecule has 4 rings (SSSR count). The zero-order chi connectivity index (χ0) is 17.6. The van der Waals surface area contributed by atoms with Crippen molar-refractivity contribution in [3.63, 3.8) is 0 Å². The minimum atomic E-state index is -0.280. The van der Waals surface area contributed by atoms with Crippen molar-refractivity contribution in [3.8, 4) is 0 Å². The maximum atomic E-state index is 13.2. The Morgan fingerprint density at radius 2 is 1.80 bits per heavy atom. The van der Waals surface area contributed by atoms with Crippen molar-refractivity contribution < 1.29 is 4.39 Å². The summed E-state index contributed by atoms with van der Waals surface area (Å²) >= 11 is 12.8. The SMILES string of the molecule is Nc1nc2n(n1)[C@@H](c1c(Cl)cccc1Cl)C[C@@H](c1ccc(F)cc1)N2. The van der Waals surface area contributed by atoms with Gasteiger partial charge >= 0.3 is 0 Å². The fourth-order valence-electron chi connectivity index (χ4n) is 3.18. The minimum Gasteiger partial charge on any atom is -0.366 e. The Kier molecular flexibility index (Phi) is 4.01. The number of hydrogen-bond donors (Lipinski definition) is 2. The van der Waals surface area contributed by atoms with E-state index in [0.717, 1.165) is 11.1 Å². The second-order valence-electron chi connectivity index (χ2n) is 5.87. The monoisotopic (exact) mass is 377 g/mol. The molecule has 3 N–H and O–H groups in total. The minimum absolute atomic E-state index is 0.103. The van der Waals surface area contributed by atoms with Gasteiger partial charge < -0.3 is 11.1 Å². The van der Waals surface area contributed by atoms with Crippen LogP contribution in [0.3, 0.4) is 0 Å². The van der Waals surface area contributed by atoms with E-state index in [2.05, 4.69) is 15.4 Å². The lowest BCUT2D eigenvalue weighted by atomic mass is 9.93. The molecule has 1 aromatic heterocycles. The molecule has 5 nitrogen and oxygen atoms in total. The number of benzene rings is 2. The predicted octanol–water partition coefficient (Wildman–Crippen LogP) is 4.45. The van der Waals surface area contributed by atoms with Crippen molar-refractivity contribution in [2.75, 3.05) is 11.1 Å². The van der Waals surface area contributed by atoms with Crippen LogP contribution in [0, 0.1) is 5.82 Å². The van der Waals surface area contributed by atoms with Gasteiger partial charge in [0.05, 0.1) is 12.1 Å². The first-order valence-corrected chi connectivity index (χ1v) is 8.46. The van der Waals surface area contributed by atoms with E-state index < -0.39 is 0 Å². The second-order valence-corrected chi connectivity index (χ2v) is 6.69. The molecular formula is C17H14Cl2FN5. The Bertz CT molecular complexity index is 905. The third-order valence-corrected chi connectivity index (χ3v) is 4.97. The summed E-state index contributed by atoms with van der Waals surface area (Å²) in [5.74, 6) is 0.409. The molecule has 0 amide bonds. The molecule has 0 saturated carbocycles. The van der Waals surface area contributed by atoms with Gasteiger partial charge in [-0.25, -0.2) is 9.07 Å². The first-order chi connectivity index (χ1) is 12.0. The van der Waals surface area contributed by atoms with Crippen molar-refractivity contribution in [2.45, 2.75) is 18.5 Å². The Hall–Kier alpha value is -2.31. The highest BCUT2D eigenvalue weighted by atomic mass is 35.5. The summed E-state index contributed by atoms with van der Waals surface area (Å²) in [7, 11) is 0. The lowest BCUT2D eigenvalue weighted by molar-refractivity contribution is 0.431. The smallest absolute Gasteiger partial charge is 0.241 e. The maximum absolute atomic E-state index is 13.2. The van der Waals surface area contributed by atoms with Crippen molar-refractivity contribution in [1.29, 1.82) is 0 Å². The van der Waals surface area contributed by atoms with Gasteiger partial charge in [0.15, 0.2) is 0 Å². The first-order valence-electron chi connectivity index (χ1n) is 7.71. The van der Waals surface area contributed by atoms with E-state index in [1.807, 2.05) is 0 Å². The van der Waals surface area contributed by atoms with E-state index in [0.29, 0.717) is 22.4 Å². The van der Waals surface area contributed by atoms with Gasteiger partial charge in [0.2, 0.25) is 11.9 Å². The number of nitrogens with zero attached hydrogens (tertiary/aromatic N) is 3. The highest BCUT2D eigenvalue weighted by Gasteiger charge is 2.33. The van der Waals surface area contributed by atoms with Crippen LogP contribution < -0.4 is 11.1 Å². The molecule has 3 aromatic rings. The van der Waals surface area contributed by atoms with Gasteiger partial charge in [-0.2, -0.15) is 4.98 Å². The van der Waals surface area contributed by atoms with E-state index in [9.17, 15) is 4.39 Å². The number of rotatable bonds is 2. The van der Waals surface area contributed by atoms with E-state index in [-0.39, 0.29) is 23.8 Å². The molecule has 2 aromatic carbocycles. The lowest BCUT2D eigenvalue weighted by Gasteiger charge is -2.32. The lowest BCUT2D eigenvalue weighted by Crippen LogP contribution is -2.28.